The van der Waals surface area contributed by atoms with Crippen molar-refractivity contribution in [2.45, 2.75) is 45.4 Å². The maximum atomic E-state index is 11.5. The number of aliphatic hydroxyl groups excluding tert-OH is 2. The highest BCUT2D eigenvalue weighted by atomic mass is 16.6. The van der Waals surface area contributed by atoms with E-state index in [9.17, 15) is 14.7 Å². The molecule has 18 heavy (non-hydrogen) atoms. The lowest BCUT2D eigenvalue weighted by Crippen LogP contribution is -2.52. The van der Waals surface area contributed by atoms with Crippen LogP contribution < -0.4 is 5.32 Å². The fraction of sp³-hybridized carbons (Fsp3) is 0.818. The predicted molar refractivity (Wildman–Crippen MR) is 62.9 cm³/mol. The summed E-state index contributed by atoms with van der Waals surface area (Å²) >= 11 is 0. The molecule has 0 bridgehead atoms. The Bertz CT molecular complexity index is 286. The molecule has 0 aromatic carbocycles. The Hall–Kier alpha value is -1.34. The molecule has 106 valence electrons. The van der Waals surface area contributed by atoms with Crippen molar-refractivity contribution in [3.63, 3.8) is 0 Å². The topological polar surface area (TPSA) is 105 Å². The van der Waals surface area contributed by atoms with Gasteiger partial charge in [0.15, 0.2) is 6.04 Å². The molecule has 0 aromatic rings. The number of carbonyl (C=O) groups is 2. The minimum absolute atomic E-state index is 0.101. The van der Waals surface area contributed by atoms with E-state index >= 15 is 0 Å². The Morgan fingerprint density at radius 1 is 1.33 bits per heavy atom. The zero-order valence-electron chi connectivity index (χ0n) is 11.1. The number of aliphatic hydroxyl groups is 2. The molecule has 0 aliphatic rings. The molecule has 0 unspecified atom stereocenters. The molecule has 0 aliphatic heterocycles. The van der Waals surface area contributed by atoms with E-state index in [1.54, 1.807) is 27.7 Å². The van der Waals surface area contributed by atoms with Gasteiger partial charge >= 0.3 is 12.1 Å². The van der Waals surface area contributed by atoms with E-state index in [2.05, 4.69) is 10.1 Å². The molecule has 0 aromatic heterocycles. The number of amides is 1. The Morgan fingerprint density at radius 3 is 2.28 bits per heavy atom. The van der Waals surface area contributed by atoms with E-state index in [4.69, 9.17) is 9.84 Å². The van der Waals surface area contributed by atoms with E-state index in [0.717, 1.165) is 0 Å². The van der Waals surface area contributed by atoms with Gasteiger partial charge in [-0.1, -0.05) is 0 Å². The summed E-state index contributed by atoms with van der Waals surface area (Å²) in [7, 11) is 0. The van der Waals surface area contributed by atoms with Gasteiger partial charge in [0, 0.05) is 0 Å². The summed E-state index contributed by atoms with van der Waals surface area (Å²) in [6.07, 6.45) is -2.32. The summed E-state index contributed by atoms with van der Waals surface area (Å²) in [5, 5.41) is 20.4. The lowest BCUT2D eigenvalue weighted by atomic mass is 10.1. The Balaban J connectivity index is 4.59. The van der Waals surface area contributed by atoms with E-state index < -0.39 is 36.4 Å². The van der Waals surface area contributed by atoms with Gasteiger partial charge in [0.05, 0.1) is 13.2 Å². The summed E-state index contributed by atoms with van der Waals surface area (Å²) in [6.45, 7) is 5.99. The van der Waals surface area contributed by atoms with Crippen molar-refractivity contribution in [3.8, 4) is 0 Å². The van der Waals surface area contributed by atoms with Gasteiger partial charge < -0.3 is 25.0 Å². The van der Waals surface area contributed by atoms with Crippen LogP contribution in [0.25, 0.3) is 0 Å². The van der Waals surface area contributed by atoms with Gasteiger partial charge in [0.25, 0.3) is 0 Å². The first kappa shape index (κ1) is 16.7. The van der Waals surface area contributed by atoms with Crippen LogP contribution in [0.5, 0.6) is 0 Å². The Labute approximate surface area is 106 Å². The average Bonchev–Trinajstić information content (AvgIpc) is 2.22. The van der Waals surface area contributed by atoms with E-state index in [0.29, 0.717) is 0 Å². The van der Waals surface area contributed by atoms with Gasteiger partial charge in [-0.05, 0) is 27.7 Å². The third-order valence-electron chi connectivity index (χ3n) is 1.78. The second-order valence-electron chi connectivity index (χ2n) is 4.63. The highest BCUT2D eigenvalue weighted by molar-refractivity contribution is 5.82. The van der Waals surface area contributed by atoms with Crippen molar-refractivity contribution in [1.82, 2.24) is 5.32 Å². The van der Waals surface area contributed by atoms with Crippen molar-refractivity contribution in [2.75, 3.05) is 13.2 Å². The molecule has 0 radical (unpaired) electrons. The number of rotatable bonds is 5. The monoisotopic (exact) mass is 263 g/mol. The maximum absolute atomic E-state index is 11.5. The molecule has 3 N–H and O–H groups in total. The molecule has 0 aliphatic carbocycles. The first-order valence-electron chi connectivity index (χ1n) is 5.66. The van der Waals surface area contributed by atoms with E-state index in [1.807, 2.05) is 0 Å². The molecule has 2 atom stereocenters. The molecular formula is C11H21NO6. The van der Waals surface area contributed by atoms with Crippen molar-refractivity contribution >= 4 is 12.1 Å². The summed E-state index contributed by atoms with van der Waals surface area (Å²) in [4.78, 5) is 22.9. The van der Waals surface area contributed by atoms with Gasteiger partial charge in [-0.2, -0.15) is 0 Å². The Kier molecular flexibility index (Phi) is 6.64. The molecule has 0 heterocycles. The highest BCUT2D eigenvalue weighted by Crippen LogP contribution is 2.07. The molecule has 0 fully saturated rings. The second kappa shape index (κ2) is 7.17. The molecular weight excluding hydrogens is 242 g/mol. The average molecular weight is 263 g/mol. The first-order valence-corrected chi connectivity index (χ1v) is 5.66. The van der Waals surface area contributed by atoms with Gasteiger partial charge in [-0.15, -0.1) is 0 Å². The Morgan fingerprint density at radius 2 is 1.89 bits per heavy atom. The number of carbonyl (C=O) groups excluding carboxylic acids is 2. The molecule has 7 nitrogen and oxygen atoms in total. The van der Waals surface area contributed by atoms with Crippen LogP contribution in [0.2, 0.25) is 0 Å². The summed E-state index contributed by atoms with van der Waals surface area (Å²) < 4.78 is 9.62. The fourth-order valence-corrected chi connectivity index (χ4v) is 1.08. The van der Waals surface area contributed by atoms with Crippen LogP contribution in [0, 0.1) is 0 Å². The molecule has 0 saturated heterocycles. The highest BCUT2D eigenvalue weighted by Gasteiger charge is 2.31. The smallest absolute Gasteiger partial charge is 0.408 e. The van der Waals surface area contributed by atoms with Gasteiger partial charge in [-0.3, -0.25) is 0 Å². The predicted octanol–water partition coefficient (Wildman–Crippen LogP) is -0.204. The van der Waals surface area contributed by atoms with Gasteiger partial charge in [0.2, 0.25) is 0 Å². The second-order valence-corrected chi connectivity index (χ2v) is 4.63. The molecule has 7 heteroatoms. The van der Waals surface area contributed by atoms with Gasteiger partial charge in [-0.25, -0.2) is 9.59 Å². The van der Waals surface area contributed by atoms with E-state index in [1.165, 1.54) is 0 Å². The van der Waals surface area contributed by atoms with Crippen LogP contribution >= 0.6 is 0 Å². The standard InChI is InChI=1S/C11H21NO6/c1-5-17-9(15)8(7(14)6-13)12-10(16)18-11(2,3)4/h7-8,13-14H,5-6H2,1-4H3,(H,12,16)/t7-,8-/m0/s1. The third-order valence-corrected chi connectivity index (χ3v) is 1.78. The largest absolute Gasteiger partial charge is 0.464 e. The summed E-state index contributed by atoms with van der Waals surface area (Å²) in [6, 6.07) is -1.36. The molecule has 0 saturated carbocycles. The van der Waals surface area contributed by atoms with Crippen LogP contribution in [0.3, 0.4) is 0 Å². The van der Waals surface area contributed by atoms with Crippen LogP contribution in [-0.4, -0.2) is 53.2 Å². The summed E-state index contributed by atoms with van der Waals surface area (Å²) in [5.41, 5.74) is -0.729. The molecule has 0 rings (SSSR count). The minimum atomic E-state index is -1.45. The number of hydrogen-bond acceptors (Lipinski definition) is 6. The maximum Gasteiger partial charge on any atom is 0.408 e. The minimum Gasteiger partial charge on any atom is -0.464 e. The van der Waals surface area contributed by atoms with Crippen molar-refractivity contribution in [2.24, 2.45) is 0 Å². The first-order chi connectivity index (χ1) is 8.21. The van der Waals surface area contributed by atoms with Crippen LogP contribution in [0.4, 0.5) is 4.79 Å². The van der Waals surface area contributed by atoms with Crippen molar-refractivity contribution < 1.29 is 29.3 Å². The zero-order valence-corrected chi connectivity index (χ0v) is 11.1. The van der Waals surface area contributed by atoms with Crippen molar-refractivity contribution in [1.29, 1.82) is 0 Å². The van der Waals surface area contributed by atoms with E-state index in [-0.39, 0.29) is 6.61 Å². The SMILES string of the molecule is CCOC(=O)[C@@H](NC(=O)OC(C)(C)C)[C@@H](O)CO. The molecule has 0 spiro atoms. The fourth-order valence-electron chi connectivity index (χ4n) is 1.08. The quantitative estimate of drug-likeness (QED) is 0.593. The van der Waals surface area contributed by atoms with Gasteiger partial charge in [0.1, 0.15) is 11.7 Å². The summed E-state index contributed by atoms with van der Waals surface area (Å²) in [5.74, 6) is -0.829. The lowest BCUT2D eigenvalue weighted by molar-refractivity contribution is -0.149. The third kappa shape index (κ3) is 6.41. The molecule has 1 amide bonds. The zero-order chi connectivity index (χ0) is 14.3. The normalized spacial score (nSPS) is 14.6. The number of alkyl carbamates (subject to hydrolysis) is 1. The number of ether oxygens (including phenoxy) is 2. The number of esters is 1. The van der Waals surface area contributed by atoms with Crippen LogP contribution in [0.1, 0.15) is 27.7 Å². The lowest BCUT2D eigenvalue weighted by Gasteiger charge is -2.24. The van der Waals surface area contributed by atoms with Crippen LogP contribution in [-0.2, 0) is 14.3 Å². The number of nitrogens with one attached hydrogen (secondary N) is 1. The number of hydrogen-bond donors (Lipinski definition) is 3. The van der Waals surface area contributed by atoms with Crippen LogP contribution in [0.15, 0.2) is 0 Å². The van der Waals surface area contributed by atoms with Crippen molar-refractivity contribution in [3.05, 3.63) is 0 Å².